The first kappa shape index (κ1) is 17.9. The van der Waals surface area contributed by atoms with Crippen LogP contribution < -0.4 is 11.2 Å². The fraction of sp³-hybridized carbons (Fsp3) is 0.263. The molecule has 28 heavy (non-hydrogen) atoms. The van der Waals surface area contributed by atoms with Gasteiger partial charge in [0.05, 0.1) is 12.2 Å². The van der Waals surface area contributed by atoms with Crippen molar-refractivity contribution < 1.29 is 4.39 Å². The lowest BCUT2D eigenvalue weighted by Gasteiger charge is -2.09. The van der Waals surface area contributed by atoms with Crippen LogP contribution >= 0.6 is 0 Å². The Morgan fingerprint density at radius 2 is 1.79 bits per heavy atom. The monoisotopic (exact) mass is 382 g/mol. The summed E-state index contributed by atoms with van der Waals surface area (Å²) in [6.45, 7) is 3.59. The minimum atomic E-state index is -0.557. The van der Waals surface area contributed by atoms with Crippen molar-refractivity contribution in [1.82, 2.24) is 28.5 Å². The molecule has 0 spiro atoms. The molecule has 0 bridgehead atoms. The van der Waals surface area contributed by atoms with Crippen LogP contribution in [-0.4, -0.2) is 28.5 Å². The molecule has 0 atom stereocenters. The topological polar surface area (TPSA) is 79.6 Å². The summed E-state index contributed by atoms with van der Waals surface area (Å²) in [5.41, 5.74) is 1.36. The van der Waals surface area contributed by atoms with Crippen molar-refractivity contribution >= 4 is 11.2 Å². The maximum Gasteiger partial charge on any atom is 0.332 e. The van der Waals surface area contributed by atoms with Gasteiger partial charge in [0.15, 0.2) is 11.2 Å². The molecule has 144 valence electrons. The van der Waals surface area contributed by atoms with Gasteiger partial charge in [-0.15, -0.1) is 0 Å². The van der Waals surface area contributed by atoms with Crippen molar-refractivity contribution in [1.29, 1.82) is 0 Å². The summed E-state index contributed by atoms with van der Waals surface area (Å²) in [6, 6.07) is 7.97. The average Bonchev–Trinajstić information content (AvgIpc) is 3.17. The molecule has 8 nitrogen and oxygen atoms in total. The average molecular weight is 382 g/mol. The molecule has 0 aliphatic rings. The number of nitrogens with zero attached hydrogens (tertiary/aromatic N) is 6. The molecule has 0 aliphatic carbocycles. The Labute approximate surface area is 159 Å². The predicted molar refractivity (Wildman–Crippen MR) is 102 cm³/mol. The fourth-order valence-electron chi connectivity index (χ4n) is 3.39. The van der Waals surface area contributed by atoms with Gasteiger partial charge in [0.25, 0.3) is 5.56 Å². The second kappa shape index (κ2) is 6.29. The van der Waals surface area contributed by atoms with Crippen LogP contribution in [-0.2, 0) is 20.6 Å². The number of hydrogen-bond acceptors (Lipinski definition) is 4. The van der Waals surface area contributed by atoms with Crippen LogP contribution in [0.15, 0.2) is 39.9 Å². The fourth-order valence-corrected chi connectivity index (χ4v) is 3.39. The summed E-state index contributed by atoms with van der Waals surface area (Å²) in [5, 5.41) is 4.41. The quantitative estimate of drug-likeness (QED) is 0.537. The Bertz CT molecular complexity index is 1340. The molecule has 9 heteroatoms. The zero-order valence-electron chi connectivity index (χ0n) is 16.0. The van der Waals surface area contributed by atoms with E-state index in [0.717, 1.165) is 16.0 Å². The number of fused-ring (bicyclic) bond motifs is 1. The van der Waals surface area contributed by atoms with E-state index in [2.05, 4.69) is 10.1 Å². The summed E-state index contributed by atoms with van der Waals surface area (Å²) < 4.78 is 19.6. The maximum atomic E-state index is 14.1. The molecule has 0 radical (unpaired) electrons. The van der Waals surface area contributed by atoms with Gasteiger partial charge in [0.2, 0.25) is 5.95 Å². The van der Waals surface area contributed by atoms with E-state index in [0.29, 0.717) is 5.95 Å². The van der Waals surface area contributed by atoms with E-state index in [9.17, 15) is 14.0 Å². The molecule has 3 heterocycles. The Hall–Kier alpha value is -3.49. The van der Waals surface area contributed by atoms with E-state index in [1.54, 1.807) is 41.5 Å². The minimum Gasteiger partial charge on any atom is -0.306 e. The Balaban J connectivity index is 1.99. The highest BCUT2D eigenvalue weighted by molar-refractivity contribution is 5.72. The molecule has 0 saturated heterocycles. The molecule has 0 unspecified atom stereocenters. The number of rotatable bonds is 3. The van der Waals surface area contributed by atoms with Crippen molar-refractivity contribution in [2.24, 2.45) is 14.1 Å². The van der Waals surface area contributed by atoms with Crippen molar-refractivity contribution in [3.05, 3.63) is 73.9 Å². The molecule has 0 aliphatic heterocycles. The summed E-state index contributed by atoms with van der Waals surface area (Å²) >= 11 is 0. The molecule has 0 saturated carbocycles. The molecule has 3 aromatic heterocycles. The van der Waals surface area contributed by atoms with Gasteiger partial charge in [-0.3, -0.25) is 13.9 Å². The predicted octanol–water partition coefficient (Wildman–Crippen LogP) is 1.42. The highest BCUT2D eigenvalue weighted by atomic mass is 19.1. The number of imidazole rings is 1. The SMILES string of the molecule is Cc1cc(C)n(-c2nc3c(c(=O)n(Cc4ccccc4F)c(=O)n3C)n2C)n1. The number of benzene rings is 1. The summed E-state index contributed by atoms with van der Waals surface area (Å²) in [5.74, 6) is -0.0405. The van der Waals surface area contributed by atoms with Gasteiger partial charge in [0.1, 0.15) is 5.82 Å². The second-order valence-electron chi connectivity index (χ2n) is 6.81. The van der Waals surface area contributed by atoms with Crippen LogP contribution in [0.5, 0.6) is 0 Å². The maximum absolute atomic E-state index is 14.1. The lowest BCUT2D eigenvalue weighted by atomic mass is 10.2. The summed E-state index contributed by atoms with van der Waals surface area (Å²) in [7, 11) is 3.24. The normalized spacial score (nSPS) is 11.5. The Kier molecular flexibility index (Phi) is 4.02. The van der Waals surface area contributed by atoms with Crippen LogP contribution in [0.1, 0.15) is 17.0 Å². The largest absolute Gasteiger partial charge is 0.332 e. The number of aryl methyl sites for hydroxylation is 4. The van der Waals surface area contributed by atoms with E-state index < -0.39 is 17.1 Å². The van der Waals surface area contributed by atoms with Crippen molar-refractivity contribution in [3.63, 3.8) is 0 Å². The van der Waals surface area contributed by atoms with E-state index in [1.807, 2.05) is 19.9 Å². The van der Waals surface area contributed by atoms with Gasteiger partial charge < -0.3 is 4.57 Å². The Morgan fingerprint density at radius 3 is 2.43 bits per heavy atom. The lowest BCUT2D eigenvalue weighted by Crippen LogP contribution is -2.40. The third-order valence-electron chi connectivity index (χ3n) is 4.82. The first-order valence-corrected chi connectivity index (χ1v) is 8.73. The third kappa shape index (κ3) is 2.58. The first-order chi connectivity index (χ1) is 13.3. The number of hydrogen-bond donors (Lipinski definition) is 0. The highest BCUT2D eigenvalue weighted by Crippen LogP contribution is 2.16. The van der Waals surface area contributed by atoms with Gasteiger partial charge in [-0.1, -0.05) is 18.2 Å². The zero-order chi connectivity index (χ0) is 20.2. The molecule has 0 amide bonds. The first-order valence-electron chi connectivity index (χ1n) is 8.73. The molecule has 0 fully saturated rings. The molecule has 1 aromatic carbocycles. The molecule has 4 rings (SSSR count). The minimum absolute atomic E-state index is 0.158. The number of halogens is 1. The molecule has 0 N–H and O–H groups in total. The number of aromatic nitrogens is 6. The lowest BCUT2D eigenvalue weighted by molar-refractivity contribution is 0.582. The Morgan fingerprint density at radius 1 is 1.07 bits per heavy atom. The van der Waals surface area contributed by atoms with Crippen LogP contribution in [0.2, 0.25) is 0 Å². The van der Waals surface area contributed by atoms with Crippen molar-refractivity contribution in [3.8, 4) is 5.95 Å². The third-order valence-corrected chi connectivity index (χ3v) is 4.82. The summed E-state index contributed by atoms with van der Waals surface area (Å²) in [6.07, 6.45) is 0. The van der Waals surface area contributed by atoms with Gasteiger partial charge in [-0.25, -0.2) is 13.9 Å². The van der Waals surface area contributed by atoms with E-state index in [1.165, 1.54) is 10.6 Å². The van der Waals surface area contributed by atoms with Crippen molar-refractivity contribution in [2.45, 2.75) is 20.4 Å². The van der Waals surface area contributed by atoms with Crippen LogP contribution in [0.25, 0.3) is 17.1 Å². The van der Waals surface area contributed by atoms with E-state index in [4.69, 9.17) is 0 Å². The van der Waals surface area contributed by atoms with E-state index in [-0.39, 0.29) is 23.3 Å². The smallest absolute Gasteiger partial charge is 0.306 e. The molecular formula is C19H19FN6O2. The van der Waals surface area contributed by atoms with Gasteiger partial charge in [-0.05, 0) is 26.0 Å². The standard InChI is InChI=1S/C19H19FN6O2/c1-11-9-12(2)26(22-11)18-21-16-15(23(18)3)17(27)25(19(28)24(16)4)10-13-7-5-6-8-14(13)20/h5-9H,10H2,1-4H3. The second-order valence-corrected chi connectivity index (χ2v) is 6.81. The summed E-state index contributed by atoms with van der Waals surface area (Å²) in [4.78, 5) is 30.4. The molecule has 4 aromatic rings. The van der Waals surface area contributed by atoms with Gasteiger partial charge in [0, 0.05) is 25.4 Å². The van der Waals surface area contributed by atoms with Gasteiger partial charge >= 0.3 is 5.69 Å². The van der Waals surface area contributed by atoms with E-state index >= 15 is 0 Å². The van der Waals surface area contributed by atoms with Gasteiger partial charge in [-0.2, -0.15) is 10.1 Å². The van der Waals surface area contributed by atoms with Crippen LogP contribution in [0.3, 0.4) is 0 Å². The highest BCUT2D eigenvalue weighted by Gasteiger charge is 2.21. The molecular weight excluding hydrogens is 363 g/mol. The zero-order valence-corrected chi connectivity index (χ0v) is 16.0. The van der Waals surface area contributed by atoms with Crippen LogP contribution in [0, 0.1) is 19.7 Å². The van der Waals surface area contributed by atoms with Crippen LogP contribution in [0.4, 0.5) is 4.39 Å². The van der Waals surface area contributed by atoms with Crippen molar-refractivity contribution in [2.75, 3.05) is 0 Å².